The summed E-state index contributed by atoms with van der Waals surface area (Å²) >= 11 is 0. The van der Waals surface area contributed by atoms with E-state index in [4.69, 9.17) is 0 Å². The Morgan fingerprint density at radius 3 is 2.89 bits per heavy atom. The molecule has 4 nitrogen and oxygen atoms in total. The van der Waals surface area contributed by atoms with Crippen LogP contribution in [0.3, 0.4) is 0 Å². The Bertz CT molecular complexity index is 525. The lowest BCUT2D eigenvalue weighted by Gasteiger charge is -2.18. The molecule has 1 N–H and O–H groups in total. The number of nitrogens with one attached hydrogen (secondary N) is 1. The van der Waals surface area contributed by atoms with Crippen LogP contribution in [0.1, 0.15) is 11.1 Å². The average molecular weight is 279 g/mol. The van der Waals surface area contributed by atoms with Crippen molar-refractivity contribution in [2.45, 2.75) is 13.8 Å². The summed E-state index contributed by atoms with van der Waals surface area (Å²) in [5, 5.41) is 3.22. The Hall–Kier alpha value is -1.81. The number of aryl methyl sites for hydroxylation is 2. The zero-order valence-electron chi connectivity index (χ0n) is 11.1. The van der Waals surface area contributed by atoms with E-state index in [1.54, 1.807) is 11.0 Å². The highest BCUT2D eigenvalue weighted by atomic mass is 35.5. The van der Waals surface area contributed by atoms with Gasteiger partial charge in [0.2, 0.25) is 5.96 Å². The van der Waals surface area contributed by atoms with Gasteiger partial charge in [0.15, 0.2) is 0 Å². The topological polar surface area (TPSA) is 44.7 Å². The number of nitrogens with zero attached hydrogens (tertiary/aromatic N) is 2. The van der Waals surface area contributed by atoms with Crippen LogP contribution < -0.4 is 17.7 Å². The highest BCUT2D eigenvalue weighted by Crippen LogP contribution is 2.18. The van der Waals surface area contributed by atoms with Crippen LogP contribution in [0.2, 0.25) is 0 Å². The molecular formula is C14H17ClN3O-. The Balaban J connectivity index is 0.00000180. The number of carbonyl (C=O) groups is 1. The highest BCUT2D eigenvalue weighted by molar-refractivity contribution is 6.09. The smallest absolute Gasteiger partial charge is 0.251 e. The van der Waals surface area contributed by atoms with Crippen LogP contribution in [0.4, 0.5) is 5.69 Å². The van der Waals surface area contributed by atoms with Crippen LogP contribution in [-0.4, -0.2) is 29.9 Å². The van der Waals surface area contributed by atoms with Gasteiger partial charge in [0.1, 0.15) is 6.54 Å². The number of hydrogen-bond acceptors (Lipinski definition) is 3. The van der Waals surface area contributed by atoms with Gasteiger partial charge >= 0.3 is 0 Å². The number of amides is 1. The quantitative estimate of drug-likeness (QED) is 0.729. The summed E-state index contributed by atoms with van der Waals surface area (Å²) in [5.41, 5.74) is 3.28. The van der Waals surface area contributed by atoms with Crippen molar-refractivity contribution in [2.24, 2.45) is 4.99 Å². The number of anilines is 1. The minimum atomic E-state index is 0. The van der Waals surface area contributed by atoms with E-state index in [-0.39, 0.29) is 24.9 Å². The number of carbonyl (C=O) groups excluding carboxylic acids is 1. The molecule has 5 heteroatoms. The molecule has 0 unspecified atom stereocenters. The van der Waals surface area contributed by atoms with Crippen LogP contribution in [0.25, 0.3) is 0 Å². The maximum atomic E-state index is 11.6. The van der Waals surface area contributed by atoms with E-state index in [2.05, 4.69) is 23.0 Å². The molecule has 0 aromatic heterocycles. The third kappa shape index (κ3) is 3.35. The van der Waals surface area contributed by atoms with E-state index < -0.39 is 0 Å². The van der Waals surface area contributed by atoms with Gasteiger partial charge in [0.25, 0.3) is 5.91 Å². The summed E-state index contributed by atoms with van der Waals surface area (Å²) in [4.78, 5) is 17.5. The summed E-state index contributed by atoms with van der Waals surface area (Å²) in [6.45, 7) is 8.41. The lowest BCUT2D eigenvalue weighted by atomic mass is 10.1. The molecule has 1 amide bonds. The number of hydrogen-bond donors (Lipinski definition) is 1. The molecular weight excluding hydrogens is 262 g/mol. The van der Waals surface area contributed by atoms with Gasteiger partial charge in [-0.1, -0.05) is 18.2 Å². The number of guanidine groups is 1. The van der Waals surface area contributed by atoms with Gasteiger partial charge in [-0.2, -0.15) is 0 Å². The lowest BCUT2D eigenvalue weighted by Crippen LogP contribution is -3.00. The van der Waals surface area contributed by atoms with Gasteiger partial charge < -0.3 is 17.7 Å². The molecule has 2 rings (SSSR count). The summed E-state index contributed by atoms with van der Waals surface area (Å²) in [6.07, 6.45) is 1.70. The number of halogens is 1. The molecule has 0 atom stereocenters. The monoisotopic (exact) mass is 278 g/mol. The van der Waals surface area contributed by atoms with Gasteiger partial charge in [-0.25, -0.2) is 4.99 Å². The van der Waals surface area contributed by atoms with E-state index >= 15 is 0 Å². The largest absolute Gasteiger partial charge is 1.00 e. The summed E-state index contributed by atoms with van der Waals surface area (Å²) in [7, 11) is 0. The second-order valence-corrected chi connectivity index (χ2v) is 4.38. The van der Waals surface area contributed by atoms with Crippen molar-refractivity contribution >= 4 is 17.6 Å². The molecule has 0 fully saturated rings. The standard InChI is InChI=1S/C14H17N3O.ClH/c1-4-7-17-13(18)9-15-14(17)16-12-8-10(2)5-6-11(12)3;/h4-6,8H,1,7,9H2,2-3H3,(H,15,16);1H/p-1. The first-order chi connectivity index (χ1) is 8.61. The van der Waals surface area contributed by atoms with Gasteiger partial charge in [-0.15, -0.1) is 6.58 Å². The Morgan fingerprint density at radius 2 is 2.21 bits per heavy atom. The second-order valence-electron chi connectivity index (χ2n) is 4.38. The van der Waals surface area contributed by atoms with E-state index in [0.29, 0.717) is 12.5 Å². The van der Waals surface area contributed by atoms with Crippen molar-refractivity contribution in [3.8, 4) is 0 Å². The van der Waals surface area contributed by atoms with Crippen molar-refractivity contribution in [3.63, 3.8) is 0 Å². The first-order valence-corrected chi connectivity index (χ1v) is 5.92. The number of aliphatic imine (C=N–C) groups is 1. The summed E-state index contributed by atoms with van der Waals surface area (Å²) < 4.78 is 0. The molecule has 1 aliphatic rings. The van der Waals surface area contributed by atoms with Crippen molar-refractivity contribution in [1.29, 1.82) is 0 Å². The van der Waals surface area contributed by atoms with Crippen LogP contribution >= 0.6 is 0 Å². The van der Waals surface area contributed by atoms with Crippen molar-refractivity contribution in [2.75, 3.05) is 18.4 Å². The summed E-state index contributed by atoms with van der Waals surface area (Å²) in [6, 6.07) is 6.16. The minimum absolute atomic E-state index is 0. The fourth-order valence-electron chi connectivity index (χ4n) is 1.85. The fraction of sp³-hybridized carbons (Fsp3) is 0.286. The van der Waals surface area contributed by atoms with E-state index in [1.165, 1.54) is 5.56 Å². The predicted octanol–water partition coefficient (Wildman–Crippen LogP) is -0.896. The second kappa shape index (κ2) is 6.38. The lowest BCUT2D eigenvalue weighted by molar-refractivity contribution is -0.124. The minimum Gasteiger partial charge on any atom is -1.00 e. The Kier molecular flexibility index (Phi) is 5.12. The van der Waals surface area contributed by atoms with E-state index in [9.17, 15) is 4.79 Å². The third-order valence-corrected chi connectivity index (χ3v) is 2.87. The maximum absolute atomic E-state index is 11.6. The third-order valence-electron chi connectivity index (χ3n) is 2.87. The SMILES string of the molecule is C=CCN1C(=O)CN=C1Nc1cc(C)ccc1C.[Cl-]. The molecule has 1 heterocycles. The van der Waals surface area contributed by atoms with Crippen molar-refractivity contribution in [3.05, 3.63) is 42.0 Å². The Morgan fingerprint density at radius 1 is 1.47 bits per heavy atom. The van der Waals surface area contributed by atoms with Gasteiger partial charge in [0.05, 0.1) is 0 Å². The normalized spacial score (nSPS) is 13.9. The van der Waals surface area contributed by atoms with E-state index in [0.717, 1.165) is 11.3 Å². The maximum Gasteiger partial charge on any atom is 0.251 e. The van der Waals surface area contributed by atoms with Crippen LogP contribution in [0, 0.1) is 13.8 Å². The van der Waals surface area contributed by atoms with E-state index in [1.807, 2.05) is 26.0 Å². The molecule has 1 aromatic rings. The fourth-order valence-corrected chi connectivity index (χ4v) is 1.85. The molecule has 1 aromatic carbocycles. The molecule has 0 aliphatic carbocycles. The molecule has 0 radical (unpaired) electrons. The van der Waals surface area contributed by atoms with Gasteiger partial charge in [-0.05, 0) is 31.0 Å². The van der Waals surface area contributed by atoms with Crippen LogP contribution in [0.15, 0.2) is 35.8 Å². The molecule has 0 saturated heterocycles. The Labute approximate surface area is 119 Å². The zero-order chi connectivity index (χ0) is 13.1. The molecule has 0 saturated carbocycles. The molecule has 0 spiro atoms. The molecule has 0 bridgehead atoms. The molecule has 19 heavy (non-hydrogen) atoms. The van der Waals surface area contributed by atoms with Gasteiger partial charge in [-0.3, -0.25) is 9.69 Å². The highest BCUT2D eigenvalue weighted by Gasteiger charge is 2.24. The molecule has 1 aliphatic heterocycles. The number of rotatable bonds is 3. The van der Waals surface area contributed by atoms with Crippen LogP contribution in [-0.2, 0) is 4.79 Å². The zero-order valence-corrected chi connectivity index (χ0v) is 11.9. The number of benzene rings is 1. The molecule has 102 valence electrons. The first-order valence-electron chi connectivity index (χ1n) is 5.92. The van der Waals surface area contributed by atoms with Crippen molar-refractivity contribution < 1.29 is 17.2 Å². The van der Waals surface area contributed by atoms with Gasteiger partial charge in [0, 0.05) is 12.2 Å². The predicted molar refractivity (Wildman–Crippen MR) is 73.8 cm³/mol. The van der Waals surface area contributed by atoms with Crippen molar-refractivity contribution in [1.82, 2.24) is 4.90 Å². The average Bonchev–Trinajstić information content (AvgIpc) is 2.67. The summed E-state index contributed by atoms with van der Waals surface area (Å²) in [5.74, 6) is 0.608. The van der Waals surface area contributed by atoms with Crippen LogP contribution in [0.5, 0.6) is 0 Å². The first kappa shape index (κ1) is 15.2.